The van der Waals surface area contributed by atoms with E-state index in [2.05, 4.69) is 10.6 Å². The second-order valence-electron chi connectivity index (χ2n) is 4.53. The van der Waals surface area contributed by atoms with Crippen molar-refractivity contribution in [3.05, 3.63) is 24.3 Å². The first-order valence-corrected chi connectivity index (χ1v) is 6.54. The zero-order valence-corrected chi connectivity index (χ0v) is 11.3. The largest absolute Gasteiger partial charge is 0.497 e. The Kier molecular flexibility index (Phi) is 4.95. The van der Waals surface area contributed by atoms with Crippen molar-refractivity contribution in [2.24, 2.45) is 0 Å². The number of ether oxygens (including phenoxy) is 2. The average molecular weight is 278 g/mol. The van der Waals surface area contributed by atoms with E-state index >= 15 is 0 Å². The Bertz CT molecular complexity index is 484. The summed E-state index contributed by atoms with van der Waals surface area (Å²) < 4.78 is 10.4. The maximum Gasteiger partial charge on any atom is 0.313 e. The lowest BCUT2D eigenvalue weighted by Gasteiger charge is -2.11. The maximum absolute atomic E-state index is 11.7. The number of benzene rings is 1. The summed E-state index contributed by atoms with van der Waals surface area (Å²) in [5, 5.41) is 5.09. The summed E-state index contributed by atoms with van der Waals surface area (Å²) in [5.74, 6) is -0.748. The number of carbonyl (C=O) groups excluding carboxylic acids is 2. The summed E-state index contributed by atoms with van der Waals surface area (Å²) in [5.41, 5.74) is 0.515. The van der Waals surface area contributed by atoms with Crippen LogP contribution in [0.2, 0.25) is 0 Å². The Balaban J connectivity index is 1.82. The molecular formula is C14H18N2O4. The smallest absolute Gasteiger partial charge is 0.313 e. The maximum atomic E-state index is 11.7. The zero-order chi connectivity index (χ0) is 14.4. The van der Waals surface area contributed by atoms with E-state index in [0.29, 0.717) is 18.0 Å². The topological polar surface area (TPSA) is 76.7 Å². The number of nitrogens with one attached hydrogen (secondary N) is 2. The van der Waals surface area contributed by atoms with Crippen LogP contribution in [-0.4, -0.2) is 38.2 Å². The molecule has 1 aliphatic rings. The molecule has 1 aromatic carbocycles. The van der Waals surface area contributed by atoms with E-state index in [1.165, 1.54) is 7.11 Å². The fourth-order valence-corrected chi connectivity index (χ4v) is 1.98. The highest BCUT2D eigenvalue weighted by Gasteiger charge is 2.19. The Morgan fingerprint density at radius 1 is 1.40 bits per heavy atom. The van der Waals surface area contributed by atoms with E-state index in [0.717, 1.165) is 19.4 Å². The molecule has 6 nitrogen and oxygen atoms in total. The van der Waals surface area contributed by atoms with Crippen molar-refractivity contribution in [2.45, 2.75) is 18.9 Å². The molecule has 2 N–H and O–H groups in total. The molecule has 0 aromatic heterocycles. The van der Waals surface area contributed by atoms with Gasteiger partial charge >= 0.3 is 11.8 Å². The van der Waals surface area contributed by atoms with Crippen LogP contribution in [0.1, 0.15) is 12.8 Å². The van der Waals surface area contributed by atoms with Crippen LogP contribution in [0.3, 0.4) is 0 Å². The standard InChI is InChI=1S/C14H18N2O4/c1-19-11-5-2-4-10(8-11)16-14(18)13(17)15-9-12-6-3-7-20-12/h2,4-5,8,12H,3,6-7,9H2,1H3,(H,15,17)(H,16,18). The highest BCUT2D eigenvalue weighted by Crippen LogP contribution is 2.16. The predicted molar refractivity (Wildman–Crippen MR) is 73.6 cm³/mol. The van der Waals surface area contributed by atoms with E-state index in [4.69, 9.17) is 9.47 Å². The van der Waals surface area contributed by atoms with E-state index in [9.17, 15) is 9.59 Å². The number of hydrogen-bond donors (Lipinski definition) is 2. The van der Waals surface area contributed by atoms with E-state index in [1.807, 2.05) is 0 Å². The molecule has 1 atom stereocenters. The lowest BCUT2D eigenvalue weighted by molar-refractivity contribution is -0.136. The first-order chi connectivity index (χ1) is 9.69. The third-order valence-electron chi connectivity index (χ3n) is 3.05. The third kappa shape index (κ3) is 3.96. The Morgan fingerprint density at radius 2 is 2.25 bits per heavy atom. The molecule has 1 aromatic rings. The Hall–Kier alpha value is -2.08. The van der Waals surface area contributed by atoms with Crippen LogP contribution >= 0.6 is 0 Å². The molecule has 2 amide bonds. The summed E-state index contributed by atoms with van der Waals surface area (Å²) in [7, 11) is 1.54. The lowest BCUT2D eigenvalue weighted by Crippen LogP contribution is -2.39. The second kappa shape index (κ2) is 6.91. The van der Waals surface area contributed by atoms with Crippen LogP contribution < -0.4 is 15.4 Å². The van der Waals surface area contributed by atoms with Gasteiger partial charge in [-0.25, -0.2) is 0 Å². The molecule has 0 aliphatic carbocycles. The summed E-state index contributed by atoms with van der Waals surface area (Å²) >= 11 is 0. The molecule has 0 spiro atoms. The van der Waals surface area contributed by atoms with Gasteiger partial charge < -0.3 is 20.1 Å². The normalized spacial score (nSPS) is 17.6. The van der Waals surface area contributed by atoms with E-state index < -0.39 is 11.8 Å². The number of amides is 2. The first kappa shape index (κ1) is 14.3. The summed E-state index contributed by atoms with van der Waals surface area (Å²) in [6.07, 6.45) is 1.93. The molecule has 0 saturated carbocycles. The van der Waals surface area contributed by atoms with Crippen LogP contribution in [0.5, 0.6) is 5.75 Å². The molecule has 108 valence electrons. The van der Waals surface area contributed by atoms with Crippen LogP contribution in [0.4, 0.5) is 5.69 Å². The zero-order valence-electron chi connectivity index (χ0n) is 11.3. The number of carbonyl (C=O) groups is 2. The molecule has 1 heterocycles. The predicted octanol–water partition coefficient (Wildman–Crippen LogP) is 0.929. The average Bonchev–Trinajstić information content (AvgIpc) is 2.98. The first-order valence-electron chi connectivity index (χ1n) is 6.54. The molecule has 0 radical (unpaired) electrons. The molecule has 0 bridgehead atoms. The van der Waals surface area contributed by atoms with Crippen LogP contribution in [0.15, 0.2) is 24.3 Å². The van der Waals surface area contributed by atoms with Gasteiger partial charge in [-0.2, -0.15) is 0 Å². The third-order valence-corrected chi connectivity index (χ3v) is 3.05. The van der Waals surface area contributed by atoms with Gasteiger partial charge in [-0.05, 0) is 25.0 Å². The van der Waals surface area contributed by atoms with Gasteiger partial charge in [0.1, 0.15) is 5.75 Å². The lowest BCUT2D eigenvalue weighted by atomic mass is 10.2. The van der Waals surface area contributed by atoms with E-state index in [-0.39, 0.29) is 6.10 Å². The monoisotopic (exact) mass is 278 g/mol. The Labute approximate surface area is 117 Å². The van der Waals surface area contributed by atoms with Gasteiger partial charge in [-0.15, -0.1) is 0 Å². The minimum absolute atomic E-state index is 0.0172. The summed E-state index contributed by atoms with van der Waals surface area (Å²) in [6.45, 7) is 1.08. The van der Waals surface area contributed by atoms with Gasteiger partial charge in [0.25, 0.3) is 0 Å². The van der Waals surface area contributed by atoms with Crippen molar-refractivity contribution < 1.29 is 19.1 Å². The van der Waals surface area contributed by atoms with Crippen molar-refractivity contribution >= 4 is 17.5 Å². The highest BCUT2D eigenvalue weighted by molar-refractivity contribution is 6.39. The van der Waals surface area contributed by atoms with Crippen LogP contribution in [0, 0.1) is 0 Å². The quantitative estimate of drug-likeness (QED) is 0.803. The molecule has 2 rings (SSSR count). The molecule has 1 unspecified atom stereocenters. The van der Waals surface area contributed by atoms with Crippen LogP contribution in [-0.2, 0) is 14.3 Å². The highest BCUT2D eigenvalue weighted by atomic mass is 16.5. The summed E-state index contributed by atoms with van der Waals surface area (Å²) in [4.78, 5) is 23.4. The van der Waals surface area contributed by atoms with Gasteiger partial charge in [0.2, 0.25) is 0 Å². The number of rotatable bonds is 4. The van der Waals surface area contributed by atoms with Crippen molar-refractivity contribution in [1.82, 2.24) is 5.32 Å². The van der Waals surface area contributed by atoms with Gasteiger partial charge in [-0.1, -0.05) is 6.07 Å². The molecule has 1 aliphatic heterocycles. The molecule has 1 saturated heterocycles. The van der Waals surface area contributed by atoms with Crippen molar-refractivity contribution in [3.8, 4) is 5.75 Å². The van der Waals surface area contributed by atoms with Crippen molar-refractivity contribution in [1.29, 1.82) is 0 Å². The van der Waals surface area contributed by atoms with Gasteiger partial charge in [-0.3, -0.25) is 9.59 Å². The van der Waals surface area contributed by atoms with Gasteiger partial charge in [0, 0.05) is 24.9 Å². The number of anilines is 1. The molecular weight excluding hydrogens is 260 g/mol. The molecule has 6 heteroatoms. The van der Waals surface area contributed by atoms with Gasteiger partial charge in [0.05, 0.1) is 13.2 Å². The van der Waals surface area contributed by atoms with Crippen molar-refractivity contribution in [3.63, 3.8) is 0 Å². The SMILES string of the molecule is COc1cccc(NC(=O)C(=O)NCC2CCCO2)c1. The van der Waals surface area contributed by atoms with E-state index in [1.54, 1.807) is 24.3 Å². The number of methoxy groups -OCH3 is 1. The molecule has 1 fully saturated rings. The number of hydrogen-bond acceptors (Lipinski definition) is 4. The minimum atomic E-state index is -0.698. The fourth-order valence-electron chi connectivity index (χ4n) is 1.98. The Morgan fingerprint density at radius 3 is 2.95 bits per heavy atom. The molecule has 20 heavy (non-hydrogen) atoms. The van der Waals surface area contributed by atoms with Gasteiger partial charge in [0.15, 0.2) is 0 Å². The summed E-state index contributed by atoms with van der Waals surface area (Å²) in [6, 6.07) is 6.82. The second-order valence-corrected chi connectivity index (χ2v) is 4.53. The minimum Gasteiger partial charge on any atom is -0.497 e. The fraction of sp³-hybridized carbons (Fsp3) is 0.429. The van der Waals surface area contributed by atoms with Crippen LogP contribution in [0.25, 0.3) is 0 Å². The van der Waals surface area contributed by atoms with Crippen molar-refractivity contribution in [2.75, 3.05) is 25.6 Å².